The number of halogens is 1. The van der Waals surface area contributed by atoms with E-state index in [1.807, 2.05) is 30.3 Å². The summed E-state index contributed by atoms with van der Waals surface area (Å²) in [5.41, 5.74) is 0.345. The zero-order valence-electron chi connectivity index (χ0n) is 13.3. The molecule has 2 unspecified atom stereocenters. The predicted molar refractivity (Wildman–Crippen MR) is 83.4 cm³/mol. The summed E-state index contributed by atoms with van der Waals surface area (Å²) < 4.78 is 19.6. The van der Waals surface area contributed by atoms with Crippen LogP contribution in [0, 0.1) is 11.3 Å². The number of alkyl halides is 1. The summed E-state index contributed by atoms with van der Waals surface area (Å²) in [6.07, 6.45) is 0.351. The van der Waals surface area contributed by atoms with Gasteiger partial charge in [-0.2, -0.15) is 0 Å². The Morgan fingerprint density at radius 3 is 2.65 bits per heavy atom. The number of hydrogen-bond donors (Lipinski definition) is 0. The van der Waals surface area contributed by atoms with Gasteiger partial charge in [0.05, 0.1) is 12.0 Å². The molecule has 2 atom stereocenters. The van der Waals surface area contributed by atoms with Gasteiger partial charge in [-0.3, -0.25) is 9.59 Å². The zero-order chi connectivity index (χ0) is 16.4. The summed E-state index contributed by atoms with van der Waals surface area (Å²) in [5, 5.41) is 0. The van der Waals surface area contributed by atoms with E-state index in [0.29, 0.717) is 32.4 Å². The van der Waals surface area contributed by atoms with Gasteiger partial charge in [-0.25, -0.2) is 4.39 Å². The molecule has 23 heavy (non-hydrogen) atoms. The average molecular weight is 319 g/mol. The number of rotatable bonds is 6. The summed E-state index contributed by atoms with van der Waals surface area (Å²) in [5.74, 6) is -1.39. The number of esters is 1. The van der Waals surface area contributed by atoms with Crippen molar-refractivity contribution < 1.29 is 18.7 Å². The van der Waals surface area contributed by atoms with Crippen molar-refractivity contribution in [2.75, 3.05) is 19.7 Å². The van der Waals surface area contributed by atoms with Crippen LogP contribution in [0.25, 0.3) is 0 Å². The second-order valence-electron chi connectivity index (χ2n) is 6.40. The number of benzene rings is 1. The van der Waals surface area contributed by atoms with Gasteiger partial charge in [0, 0.05) is 19.0 Å². The Labute approximate surface area is 135 Å². The van der Waals surface area contributed by atoms with E-state index in [0.717, 1.165) is 5.56 Å². The molecule has 5 heteroatoms. The summed E-state index contributed by atoms with van der Waals surface area (Å²) >= 11 is 0. The molecular formula is C18H22FNO3. The lowest BCUT2D eigenvalue weighted by Gasteiger charge is -2.22. The zero-order valence-corrected chi connectivity index (χ0v) is 13.3. The Morgan fingerprint density at radius 2 is 2.04 bits per heavy atom. The Bertz CT molecular complexity index is 585. The number of carbonyl (C=O) groups excluding carboxylic acids is 2. The molecule has 0 aromatic heterocycles. The number of amides is 1. The van der Waals surface area contributed by atoms with Gasteiger partial charge in [0.25, 0.3) is 5.91 Å². The predicted octanol–water partition coefficient (Wildman–Crippen LogP) is 2.37. The fourth-order valence-corrected chi connectivity index (χ4v) is 3.47. The molecule has 0 spiro atoms. The smallest absolute Gasteiger partial charge is 0.312 e. The molecule has 0 radical (unpaired) electrons. The molecule has 3 rings (SSSR count). The minimum atomic E-state index is -1.59. The first-order valence-corrected chi connectivity index (χ1v) is 8.22. The second kappa shape index (κ2) is 6.30. The molecular weight excluding hydrogens is 297 g/mol. The standard InChI is InChI=1S/C18H22FNO3/c1-2-23-17(22)18(9-10-18)14-12-20(16(21)15(14)19)11-8-13-6-4-3-5-7-13/h3-7,14-15H,2,8-12H2,1H3. The third-order valence-electron chi connectivity index (χ3n) is 5.01. The van der Waals surface area contributed by atoms with Gasteiger partial charge in [0.1, 0.15) is 0 Å². The van der Waals surface area contributed by atoms with Crippen LogP contribution in [0.15, 0.2) is 30.3 Å². The van der Waals surface area contributed by atoms with Crippen molar-refractivity contribution in [2.24, 2.45) is 11.3 Å². The summed E-state index contributed by atoms with van der Waals surface area (Å²) in [7, 11) is 0. The third-order valence-corrected chi connectivity index (χ3v) is 5.01. The van der Waals surface area contributed by atoms with Gasteiger partial charge >= 0.3 is 5.97 Å². The van der Waals surface area contributed by atoms with E-state index >= 15 is 0 Å². The van der Waals surface area contributed by atoms with Crippen molar-refractivity contribution >= 4 is 11.9 Å². The maximum atomic E-state index is 14.5. The van der Waals surface area contributed by atoms with Gasteiger partial charge in [0.2, 0.25) is 0 Å². The molecule has 1 saturated heterocycles. The van der Waals surface area contributed by atoms with E-state index < -0.39 is 23.4 Å². The molecule has 1 aromatic carbocycles. The van der Waals surface area contributed by atoms with E-state index in [2.05, 4.69) is 0 Å². The van der Waals surface area contributed by atoms with Crippen molar-refractivity contribution in [3.8, 4) is 0 Å². The lowest BCUT2D eigenvalue weighted by molar-refractivity contribution is -0.152. The highest BCUT2D eigenvalue weighted by Crippen LogP contribution is 2.56. The first kappa shape index (κ1) is 16.0. The minimum Gasteiger partial charge on any atom is -0.466 e. The molecule has 1 saturated carbocycles. The first-order chi connectivity index (χ1) is 11.1. The van der Waals surface area contributed by atoms with Crippen molar-refractivity contribution in [2.45, 2.75) is 32.4 Å². The summed E-state index contributed by atoms with van der Waals surface area (Å²) in [6, 6.07) is 9.82. The molecule has 2 fully saturated rings. The molecule has 4 nitrogen and oxygen atoms in total. The first-order valence-electron chi connectivity index (χ1n) is 8.22. The number of carbonyl (C=O) groups is 2. The highest BCUT2D eigenvalue weighted by molar-refractivity contribution is 5.87. The molecule has 0 N–H and O–H groups in total. The van der Waals surface area contributed by atoms with Crippen LogP contribution in [0.3, 0.4) is 0 Å². The number of likely N-dealkylation sites (tertiary alicyclic amines) is 1. The van der Waals surface area contributed by atoms with Gasteiger partial charge < -0.3 is 9.64 Å². The maximum absolute atomic E-state index is 14.5. The van der Waals surface area contributed by atoms with Crippen molar-refractivity contribution in [1.82, 2.24) is 4.90 Å². The molecule has 124 valence electrons. The number of ether oxygens (including phenoxy) is 1. The second-order valence-corrected chi connectivity index (χ2v) is 6.40. The van der Waals surface area contributed by atoms with Gasteiger partial charge in [-0.05, 0) is 31.7 Å². The molecule has 1 amide bonds. The SMILES string of the molecule is CCOC(=O)C1(C2CN(CCc3ccccc3)C(=O)C2F)CC1. The molecule has 1 aliphatic carbocycles. The van der Waals surface area contributed by atoms with E-state index in [4.69, 9.17) is 4.74 Å². The van der Waals surface area contributed by atoms with Crippen LogP contribution in [0.4, 0.5) is 4.39 Å². The molecule has 0 bridgehead atoms. The number of nitrogens with zero attached hydrogens (tertiary/aromatic N) is 1. The Morgan fingerprint density at radius 1 is 1.35 bits per heavy atom. The van der Waals surface area contributed by atoms with Crippen LogP contribution >= 0.6 is 0 Å². The molecule has 1 aromatic rings. The van der Waals surface area contributed by atoms with Crippen LogP contribution in [0.2, 0.25) is 0 Å². The van der Waals surface area contributed by atoms with Crippen LogP contribution in [0.5, 0.6) is 0 Å². The molecule has 2 aliphatic rings. The highest BCUT2D eigenvalue weighted by Gasteiger charge is 2.63. The van der Waals surface area contributed by atoms with Gasteiger partial charge in [-0.1, -0.05) is 30.3 Å². The van der Waals surface area contributed by atoms with Crippen LogP contribution in [-0.2, 0) is 20.7 Å². The van der Waals surface area contributed by atoms with Gasteiger partial charge in [-0.15, -0.1) is 0 Å². The van der Waals surface area contributed by atoms with Crippen molar-refractivity contribution in [3.63, 3.8) is 0 Å². The van der Waals surface area contributed by atoms with Crippen LogP contribution in [-0.4, -0.2) is 42.6 Å². The minimum absolute atomic E-state index is 0.288. The van der Waals surface area contributed by atoms with E-state index in [1.165, 1.54) is 0 Å². The monoisotopic (exact) mass is 319 g/mol. The Kier molecular flexibility index (Phi) is 4.37. The van der Waals surface area contributed by atoms with Crippen molar-refractivity contribution in [1.29, 1.82) is 0 Å². The van der Waals surface area contributed by atoms with Crippen molar-refractivity contribution in [3.05, 3.63) is 35.9 Å². The van der Waals surface area contributed by atoms with E-state index in [1.54, 1.807) is 11.8 Å². The fraction of sp³-hybridized carbons (Fsp3) is 0.556. The average Bonchev–Trinajstić information content (AvgIpc) is 3.32. The largest absolute Gasteiger partial charge is 0.466 e. The Balaban J connectivity index is 1.65. The molecule has 1 aliphatic heterocycles. The van der Waals surface area contributed by atoms with Crippen LogP contribution in [0.1, 0.15) is 25.3 Å². The molecule has 1 heterocycles. The van der Waals surface area contributed by atoms with E-state index in [9.17, 15) is 14.0 Å². The quantitative estimate of drug-likeness (QED) is 0.756. The topological polar surface area (TPSA) is 46.6 Å². The summed E-state index contributed by atoms with van der Waals surface area (Å²) in [4.78, 5) is 25.9. The lowest BCUT2D eigenvalue weighted by Crippen LogP contribution is -2.34. The third kappa shape index (κ3) is 2.96. The van der Waals surface area contributed by atoms with Crippen LogP contribution < -0.4 is 0 Å². The van der Waals surface area contributed by atoms with E-state index in [-0.39, 0.29) is 12.6 Å². The highest BCUT2D eigenvalue weighted by atomic mass is 19.1. The normalized spacial score (nSPS) is 25.5. The summed E-state index contributed by atoms with van der Waals surface area (Å²) in [6.45, 7) is 2.83. The number of hydrogen-bond acceptors (Lipinski definition) is 3. The lowest BCUT2D eigenvalue weighted by atomic mass is 9.87. The fourth-order valence-electron chi connectivity index (χ4n) is 3.47. The Hall–Kier alpha value is -1.91. The maximum Gasteiger partial charge on any atom is 0.312 e. The van der Waals surface area contributed by atoms with Gasteiger partial charge in [0.15, 0.2) is 6.17 Å².